The van der Waals surface area contributed by atoms with Gasteiger partial charge < -0.3 is 15.6 Å². The van der Waals surface area contributed by atoms with E-state index in [9.17, 15) is 18.3 Å². The molecule has 170 valence electrons. The minimum atomic E-state index is -4.46. The van der Waals surface area contributed by atoms with E-state index in [0.717, 1.165) is 25.7 Å². The van der Waals surface area contributed by atoms with Crippen LogP contribution < -0.4 is 10.5 Å². The first-order valence-electron chi connectivity index (χ1n) is 11.1. The number of rotatable bonds is 4. The molecule has 2 atom stereocenters. The number of hydrogen-bond acceptors (Lipinski definition) is 3. The highest BCUT2D eigenvalue weighted by atomic mass is 19.4. The molecule has 0 saturated heterocycles. The van der Waals surface area contributed by atoms with Gasteiger partial charge in [0.2, 0.25) is 0 Å². The van der Waals surface area contributed by atoms with Gasteiger partial charge in [-0.15, -0.1) is 0 Å². The van der Waals surface area contributed by atoms with Crippen molar-refractivity contribution in [3.8, 4) is 5.75 Å². The molecule has 0 bridgehead atoms. The Bertz CT molecular complexity index is 744. The van der Waals surface area contributed by atoms with Gasteiger partial charge in [-0.2, -0.15) is 13.2 Å². The fourth-order valence-corrected chi connectivity index (χ4v) is 5.16. The van der Waals surface area contributed by atoms with E-state index >= 15 is 0 Å². The number of hydrogen-bond donors (Lipinski definition) is 2. The highest BCUT2D eigenvalue weighted by Crippen LogP contribution is 2.45. The summed E-state index contributed by atoms with van der Waals surface area (Å²) in [5.74, 6) is 0.504. The summed E-state index contributed by atoms with van der Waals surface area (Å²) in [6.07, 6.45) is 0.208. The Hall–Kier alpha value is -1.27. The van der Waals surface area contributed by atoms with Crippen molar-refractivity contribution in [1.82, 2.24) is 0 Å². The molecule has 6 heteroatoms. The Kier molecular flexibility index (Phi) is 6.51. The normalized spacial score (nSPS) is 27.3. The lowest BCUT2D eigenvalue weighted by Gasteiger charge is -2.38. The summed E-state index contributed by atoms with van der Waals surface area (Å²) in [6.45, 7) is 8.25. The van der Waals surface area contributed by atoms with Crippen LogP contribution in [0.5, 0.6) is 5.75 Å². The minimum Gasteiger partial charge on any atom is -0.490 e. The first-order chi connectivity index (χ1) is 13.8. The third-order valence-electron chi connectivity index (χ3n) is 7.33. The van der Waals surface area contributed by atoms with Gasteiger partial charge in [0.15, 0.2) is 0 Å². The summed E-state index contributed by atoms with van der Waals surface area (Å²) in [6, 6.07) is 3.26. The van der Waals surface area contributed by atoms with Crippen LogP contribution in [0.2, 0.25) is 0 Å². The van der Waals surface area contributed by atoms with E-state index in [2.05, 4.69) is 20.8 Å². The maximum atomic E-state index is 14.1. The zero-order chi connectivity index (χ0) is 22.3. The summed E-state index contributed by atoms with van der Waals surface area (Å²) < 4.78 is 48.2. The van der Waals surface area contributed by atoms with Gasteiger partial charge in [-0.3, -0.25) is 0 Å². The predicted molar refractivity (Wildman–Crippen MR) is 112 cm³/mol. The first-order valence-corrected chi connectivity index (χ1v) is 11.1. The van der Waals surface area contributed by atoms with Gasteiger partial charge >= 0.3 is 6.18 Å². The highest BCUT2D eigenvalue weighted by molar-refractivity contribution is 5.48. The summed E-state index contributed by atoms with van der Waals surface area (Å²) in [4.78, 5) is 0. The van der Waals surface area contributed by atoms with Crippen molar-refractivity contribution in [2.24, 2.45) is 23.0 Å². The molecule has 30 heavy (non-hydrogen) atoms. The largest absolute Gasteiger partial charge is 0.490 e. The molecule has 2 aliphatic rings. The van der Waals surface area contributed by atoms with E-state index in [-0.39, 0.29) is 29.8 Å². The molecule has 1 aromatic rings. The molecule has 0 heterocycles. The van der Waals surface area contributed by atoms with Crippen molar-refractivity contribution >= 4 is 0 Å². The fourth-order valence-electron chi connectivity index (χ4n) is 5.16. The van der Waals surface area contributed by atoms with Crippen LogP contribution in [0, 0.1) is 17.3 Å². The van der Waals surface area contributed by atoms with Gasteiger partial charge in [0.25, 0.3) is 0 Å². The number of alkyl halides is 3. The van der Waals surface area contributed by atoms with Crippen LogP contribution in [-0.4, -0.2) is 23.4 Å². The molecular formula is C24H36F3NO2. The number of benzene rings is 1. The quantitative estimate of drug-likeness (QED) is 0.667. The molecule has 0 spiro atoms. The second-order valence-electron chi connectivity index (χ2n) is 10.6. The summed E-state index contributed by atoms with van der Waals surface area (Å²) in [5, 5.41) is 9.55. The minimum absolute atomic E-state index is 0.0309. The molecule has 0 unspecified atom stereocenters. The molecular weight excluding hydrogens is 391 g/mol. The Morgan fingerprint density at radius 1 is 1.00 bits per heavy atom. The van der Waals surface area contributed by atoms with Crippen molar-refractivity contribution in [1.29, 1.82) is 0 Å². The highest BCUT2D eigenvalue weighted by Gasteiger charge is 2.42. The third kappa shape index (κ3) is 4.96. The monoisotopic (exact) mass is 427 g/mol. The van der Waals surface area contributed by atoms with Crippen molar-refractivity contribution < 1.29 is 23.0 Å². The van der Waals surface area contributed by atoms with Crippen LogP contribution >= 0.6 is 0 Å². The van der Waals surface area contributed by atoms with Gasteiger partial charge in [0, 0.05) is 5.54 Å². The SMILES string of the molecule is CC(C)(C)C1CCC(Oc2ccc3c(c2C(F)(F)F)CC[C@H]([C@@](C)(N)CO)C3)CC1. The van der Waals surface area contributed by atoms with Gasteiger partial charge in [0.05, 0.1) is 12.7 Å². The lowest BCUT2D eigenvalue weighted by atomic mass is 9.72. The van der Waals surface area contributed by atoms with Gasteiger partial charge in [0.1, 0.15) is 11.3 Å². The van der Waals surface area contributed by atoms with Crippen LogP contribution in [-0.2, 0) is 19.0 Å². The first kappa shape index (κ1) is 23.4. The Morgan fingerprint density at radius 3 is 2.17 bits per heavy atom. The second kappa shape index (κ2) is 8.34. The predicted octanol–water partition coefficient (Wildman–Crippen LogP) is 5.50. The molecule has 3 N–H and O–H groups in total. The molecule has 0 radical (unpaired) electrons. The molecule has 1 fully saturated rings. The van der Waals surface area contributed by atoms with Gasteiger partial charge in [-0.25, -0.2) is 0 Å². The van der Waals surface area contributed by atoms with Crippen molar-refractivity contribution in [3.63, 3.8) is 0 Å². The van der Waals surface area contributed by atoms with E-state index in [1.165, 1.54) is 6.07 Å². The van der Waals surface area contributed by atoms with Crippen LogP contribution in [0.1, 0.15) is 76.5 Å². The van der Waals surface area contributed by atoms with Gasteiger partial charge in [-0.05, 0) is 86.3 Å². The van der Waals surface area contributed by atoms with E-state index in [4.69, 9.17) is 10.5 Å². The van der Waals surface area contributed by atoms with Crippen molar-refractivity contribution in [2.75, 3.05) is 6.61 Å². The Balaban J connectivity index is 1.82. The number of aliphatic hydroxyl groups excluding tert-OH is 1. The van der Waals surface area contributed by atoms with Crippen LogP contribution in [0.4, 0.5) is 13.2 Å². The standard InChI is InChI=1S/C24H36F3NO2/c1-22(2,3)16-6-9-18(10-7-16)30-20-12-5-15-13-17(23(4,28)14-29)8-11-19(15)21(20)24(25,26)27/h5,12,16-18,29H,6-11,13-14,28H2,1-4H3/t16?,17-,18?,23-/m0/s1. The van der Waals surface area contributed by atoms with Gasteiger partial charge in [-0.1, -0.05) is 26.8 Å². The summed E-state index contributed by atoms with van der Waals surface area (Å²) in [7, 11) is 0. The zero-order valence-corrected chi connectivity index (χ0v) is 18.6. The maximum Gasteiger partial charge on any atom is 0.420 e. The van der Waals surface area contributed by atoms with E-state index < -0.39 is 17.3 Å². The lowest BCUT2D eigenvalue weighted by Crippen LogP contribution is -2.49. The smallest absolute Gasteiger partial charge is 0.420 e. The molecule has 0 amide bonds. The number of ether oxygens (including phenoxy) is 1. The Morgan fingerprint density at radius 2 is 1.63 bits per heavy atom. The topological polar surface area (TPSA) is 55.5 Å². The van der Waals surface area contributed by atoms with E-state index in [1.54, 1.807) is 13.0 Å². The molecule has 3 rings (SSSR count). The molecule has 1 aromatic carbocycles. The molecule has 2 aliphatic carbocycles. The third-order valence-corrected chi connectivity index (χ3v) is 7.33. The fraction of sp³-hybridized carbons (Fsp3) is 0.750. The average Bonchev–Trinajstić information content (AvgIpc) is 2.66. The number of halogens is 3. The number of aliphatic hydroxyl groups is 1. The van der Waals surface area contributed by atoms with E-state index in [0.29, 0.717) is 36.3 Å². The number of nitrogens with two attached hydrogens (primary N) is 1. The van der Waals surface area contributed by atoms with Crippen LogP contribution in [0.25, 0.3) is 0 Å². The van der Waals surface area contributed by atoms with Crippen molar-refractivity contribution in [2.45, 2.75) is 90.5 Å². The molecule has 0 aliphatic heterocycles. The van der Waals surface area contributed by atoms with Crippen LogP contribution in [0.15, 0.2) is 12.1 Å². The molecule has 3 nitrogen and oxygen atoms in total. The summed E-state index contributed by atoms with van der Waals surface area (Å²) >= 11 is 0. The zero-order valence-electron chi connectivity index (χ0n) is 18.6. The van der Waals surface area contributed by atoms with Crippen LogP contribution in [0.3, 0.4) is 0 Å². The number of fused-ring (bicyclic) bond motifs is 1. The average molecular weight is 428 g/mol. The summed E-state index contributed by atoms with van der Waals surface area (Å²) in [5.41, 5.74) is 6.00. The van der Waals surface area contributed by atoms with E-state index in [1.807, 2.05) is 0 Å². The van der Waals surface area contributed by atoms with Crippen molar-refractivity contribution in [3.05, 3.63) is 28.8 Å². The maximum absolute atomic E-state index is 14.1. The Labute approximate surface area is 178 Å². The second-order valence-corrected chi connectivity index (χ2v) is 10.6. The lowest BCUT2D eigenvalue weighted by molar-refractivity contribution is -0.140. The molecule has 0 aromatic heterocycles. The molecule has 1 saturated carbocycles.